The average molecular weight is 227 g/mol. The van der Waals surface area contributed by atoms with Gasteiger partial charge >= 0.3 is 0 Å². The SMILES string of the molecule is CCC(N)c1nnc(C2CCOC2C)s1. The number of nitrogens with zero attached hydrogens (tertiary/aromatic N) is 2. The van der Waals surface area contributed by atoms with Crippen LogP contribution >= 0.6 is 11.3 Å². The van der Waals surface area contributed by atoms with E-state index in [0.717, 1.165) is 29.5 Å². The topological polar surface area (TPSA) is 61.0 Å². The van der Waals surface area contributed by atoms with Gasteiger partial charge in [-0.25, -0.2) is 0 Å². The van der Waals surface area contributed by atoms with Gasteiger partial charge in [-0.2, -0.15) is 0 Å². The first-order chi connectivity index (χ1) is 7.22. The first-order valence-electron chi connectivity index (χ1n) is 5.42. The van der Waals surface area contributed by atoms with Crippen LogP contribution in [0.5, 0.6) is 0 Å². The molecule has 84 valence electrons. The van der Waals surface area contributed by atoms with Gasteiger partial charge in [0.05, 0.1) is 12.1 Å². The number of nitrogens with two attached hydrogens (primary N) is 1. The van der Waals surface area contributed by atoms with Crippen LogP contribution in [-0.2, 0) is 4.74 Å². The highest BCUT2D eigenvalue weighted by atomic mass is 32.1. The first-order valence-corrected chi connectivity index (χ1v) is 6.24. The quantitative estimate of drug-likeness (QED) is 0.856. The Kier molecular flexibility index (Phi) is 3.33. The second-order valence-corrected chi connectivity index (χ2v) is 5.01. The Balaban J connectivity index is 2.12. The zero-order valence-corrected chi connectivity index (χ0v) is 9.96. The van der Waals surface area contributed by atoms with Crippen LogP contribution in [0.4, 0.5) is 0 Å². The number of aromatic nitrogens is 2. The fraction of sp³-hybridized carbons (Fsp3) is 0.800. The maximum Gasteiger partial charge on any atom is 0.134 e. The molecule has 0 saturated carbocycles. The van der Waals surface area contributed by atoms with E-state index in [2.05, 4.69) is 24.0 Å². The molecule has 5 heteroatoms. The largest absolute Gasteiger partial charge is 0.378 e. The highest BCUT2D eigenvalue weighted by Gasteiger charge is 2.29. The standard InChI is InChI=1S/C10H17N3OS/c1-3-8(11)10-13-12-9(15-10)7-4-5-14-6(7)2/h6-8H,3-5,11H2,1-2H3. The Labute approximate surface area is 93.8 Å². The molecular weight excluding hydrogens is 210 g/mol. The fourth-order valence-electron chi connectivity index (χ4n) is 1.78. The van der Waals surface area contributed by atoms with Crippen LogP contribution in [0.3, 0.4) is 0 Å². The van der Waals surface area contributed by atoms with Gasteiger partial charge in [0.1, 0.15) is 10.0 Å². The van der Waals surface area contributed by atoms with Crippen molar-refractivity contribution in [1.29, 1.82) is 0 Å². The minimum Gasteiger partial charge on any atom is -0.378 e. The number of ether oxygens (including phenoxy) is 1. The molecule has 1 aliphatic heterocycles. The van der Waals surface area contributed by atoms with Crippen molar-refractivity contribution in [3.8, 4) is 0 Å². The third kappa shape index (κ3) is 2.19. The summed E-state index contributed by atoms with van der Waals surface area (Å²) in [6.07, 6.45) is 2.23. The molecule has 1 aromatic rings. The van der Waals surface area contributed by atoms with Gasteiger partial charge in [-0.3, -0.25) is 0 Å². The minimum atomic E-state index is 0.0360. The summed E-state index contributed by atoms with van der Waals surface area (Å²) in [5, 5.41) is 10.4. The molecule has 0 bridgehead atoms. The van der Waals surface area contributed by atoms with Crippen LogP contribution in [-0.4, -0.2) is 22.9 Å². The summed E-state index contributed by atoms with van der Waals surface area (Å²) >= 11 is 1.64. The van der Waals surface area contributed by atoms with Crippen molar-refractivity contribution in [2.45, 2.75) is 44.8 Å². The molecule has 1 fully saturated rings. The van der Waals surface area contributed by atoms with Crippen molar-refractivity contribution in [1.82, 2.24) is 10.2 Å². The molecule has 1 aliphatic rings. The van der Waals surface area contributed by atoms with E-state index in [1.165, 1.54) is 0 Å². The molecule has 1 saturated heterocycles. The summed E-state index contributed by atoms with van der Waals surface area (Å²) < 4.78 is 5.52. The molecule has 0 aliphatic carbocycles. The fourth-order valence-corrected chi connectivity index (χ4v) is 2.93. The molecule has 2 N–H and O–H groups in total. The first kappa shape index (κ1) is 11.0. The minimum absolute atomic E-state index is 0.0360. The van der Waals surface area contributed by atoms with Crippen molar-refractivity contribution in [3.63, 3.8) is 0 Å². The van der Waals surface area contributed by atoms with E-state index >= 15 is 0 Å². The van der Waals surface area contributed by atoms with Crippen LogP contribution in [0.25, 0.3) is 0 Å². The Bertz CT molecular complexity index is 328. The summed E-state index contributed by atoms with van der Waals surface area (Å²) in [6, 6.07) is 0.0360. The zero-order valence-electron chi connectivity index (χ0n) is 9.14. The summed E-state index contributed by atoms with van der Waals surface area (Å²) in [5.74, 6) is 0.417. The Morgan fingerprint density at radius 2 is 2.40 bits per heavy atom. The Morgan fingerprint density at radius 1 is 1.60 bits per heavy atom. The van der Waals surface area contributed by atoms with Gasteiger partial charge in [-0.15, -0.1) is 10.2 Å². The summed E-state index contributed by atoms with van der Waals surface area (Å²) in [6.45, 7) is 4.99. The van der Waals surface area contributed by atoms with Crippen LogP contribution in [0.1, 0.15) is 48.7 Å². The number of hydrogen-bond donors (Lipinski definition) is 1. The van der Waals surface area contributed by atoms with Gasteiger partial charge in [0.15, 0.2) is 0 Å². The smallest absolute Gasteiger partial charge is 0.134 e. The summed E-state index contributed by atoms with van der Waals surface area (Å²) in [7, 11) is 0. The van der Waals surface area contributed by atoms with Crippen molar-refractivity contribution >= 4 is 11.3 Å². The lowest BCUT2D eigenvalue weighted by Crippen LogP contribution is -2.08. The molecule has 3 atom stereocenters. The predicted molar refractivity (Wildman–Crippen MR) is 59.9 cm³/mol. The van der Waals surface area contributed by atoms with Crippen LogP contribution in [0.2, 0.25) is 0 Å². The van der Waals surface area contributed by atoms with E-state index in [0.29, 0.717) is 5.92 Å². The third-order valence-corrected chi connectivity index (χ3v) is 4.09. The molecule has 1 aromatic heterocycles. The van der Waals surface area contributed by atoms with Gasteiger partial charge in [0.25, 0.3) is 0 Å². The molecule has 2 rings (SSSR count). The van der Waals surface area contributed by atoms with E-state index in [1.54, 1.807) is 11.3 Å². The zero-order chi connectivity index (χ0) is 10.8. The lowest BCUT2D eigenvalue weighted by atomic mass is 10.0. The van der Waals surface area contributed by atoms with Crippen LogP contribution in [0, 0.1) is 0 Å². The molecule has 15 heavy (non-hydrogen) atoms. The lowest BCUT2D eigenvalue weighted by molar-refractivity contribution is 0.118. The summed E-state index contributed by atoms with van der Waals surface area (Å²) in [5.41, 5.74) is 5.92. The van der Waals surface area contributed by atoms with Gasteiger partial charge in [0, 0.05) is 12.5 Å². The van der Waals surface area contributed by atoms with Crippen LogP contribution in [0.15, 0.2) is 0 Å². The van der Waals surface area contributed by atoms with E-state index in [4.69, 9.17) is 10.5 Å². The third-order valence-electron chi connectivity index (χ3n) is 2.91. The highest BCUT2D eigenvalue weighted by molar-refractivity contribution is 7.11. The maximum atomic E-state index is 5.92. The normalized spacial score (nSPS) is 28.2. The molecule has 0 amide bonds. The molecule has 0 radical (unpaired) electrons. The molecule has 0 spiro atoms. The monoisotopic (exact) mass is 227 g/mol. The Hall–Kier alpha value is -0.520. The molecule has 4 nitrogen and oxygen atoms in total. The molecule has 0 aromatic carbocycles. The molecule has 2 heterocycles. The second-order valence-electron chi connectivity index (χ2n) is 3.96. The van der Waals surface area contributed by atoms with Crippen molar-refractivity contribution in [3.05, 3.63) is 10.0 Å². The van der Waals surface area contributed by atoms with E-state index < -0.39 is 0 Å². The highest BCUT2D eigenvalue weighted by Crippen LogP contribution is 2.33. The van der Waals surface area contributed by atoms with Crippen molar-refractivity contribution in [2.75, 3.05) is 6.61 Å². The summed E-state index contributed by atoms with van der Waals surface area (Å²) in [4.78, 5) is 0. The van der Waals surface area contributed by atoms with E-state index in [1.807, 2.05) is 0 Å². The Morgan fingerprint density at radius 3 is 3.00 bits per heavy atom. The van der Waals surface area contributed by atoms with Gasteiger partial charge in [0.2, 0.25) is 0 Å². The number of rotatable bonds is 3. The van der Waals surface area contributed by atoms with Crippen LogP contribution < -0.4 is 5.73 Å². The predicted octanol–water partition coefficient (Wildman–Crippen LogP) is 1.84. The molecular formula is C10H17N3OS. The van der Waals surface area contributed by atoms with Crippen molar-refractivity contribution < 1.29 is 4.74 Å². The van der Waals surface area contributed by atoms with Gasteiger partial charge in [-0.05, 0) is 19.8 Å². The number of hydrogen-bond acceptors (Lipinski definition) is 5. The maximum absolute atomic E-state index is 5.92. The van der Waals surface area contributed by atoms with Crippen molar-refractivity contribution in [2.24, 2.45) is 5.73 Å². The second kappa shape index (κ2) is 4.55. The van der Waals surface area contributed by atoms with Gasteiger partial charge in [-0.1, -0.05) is 18.3 Å². The van der Waals surface area contributed by atoms with E-state index in [-0.39, 0.29) is 12.1 Å². The molecule has 3 unspecified atom stereocenters. The van der Waals surface area contributed by atoms with Gasteiger partial charge < -0.3 is 10.5 Å². The van der Waals surface area contributed by atoms with E-state index in [9.17, 15) is 0 Å². The average Bonchev–Trinajstić information content (AvgIpc) is 2.84. The lowest BCUT2D eigenvalue weighted by Gasteiger charge is -2.09.